The number of methoxy groups -OCH3 is 1. The van der Waals surface area contributed by atoms with Crippen molar-refractivity contribution >= 4 is 33.7 Å². The first-order chi connectivity index (χ1) is 10.3. The fourth-order valence-electron chi connectivity index (χ4n) is 2.39. The number of hydrogen-bond donors (Lipinski definition) is 1. The third-order valence-corrected chi connectivity index (χ3v) is 4.23. The highest BCUT2D eigenvalue weighted by atomic mass is 32.2. The van der Waals surface area contributed by atoms with Gasteiger partial charge in [-0.25, -0.2) is 4.98 Å². The van der Waals surface area contributed by atoms with E-state index in [4.69, 9.17) is 9.72 Å². The number of H-pyrrole nitrogens is 1. The number of para-hydroxylation sites is 1. The summed E-state index contributed by atoms with van der Waals surface area (Å²) < 4.78 is 6.79. The molecular formula is C15H17N3O2S. The third kappa shape index (κ3) is 2.45. The predicted octanol–water partition coefficient (Wildman–Crippen LogP) is 2.64. The Labute approximate surface area is 126 Å². The predicted molar refractivity (Wildman–Crippen MR) is 86.1 cm³/mol. The summed E-state index contributed by atoms with van der Waals surface area (Å²) in [6.07, 6.45) is 0. The molecule has 0 bridgehead atoms. The fourth-order valence-corrected chi connectivity index (χ4v) is 3.14. The van der Waals surface area contributed by atoms with Gasteiger partial charge in [0.1, 0.15) is 11.0 Å². The molecule has 21 heavy (non-hydrogen) atoms. The average molecular weight is 303 g/mol. The van der Waals surface area contributed by atoms with E-state index in [1.165, 1.54) is 0 Å². The number of aromatic nitrogens is 3. The van der Waals surface area contributed by atoms with Gasteiger partial charge in [0, 0.05) is 18.0 Å². The molecule has 1 N–H and O–H groups in total. The van der Waals surface area contributed by atoms with Crippen LogP contribution in [-0.4, -0.2) is 34.0 Å². The fraction of sp³-hybridized carbons (Fsp3) is 0.333. The lowest BCUT2D eigenvalue weighted by molar-refractivity contribution is 0.183. The van der Waals surface area contributed by atoms with Crippen LogP contribution in [0, 0.1) is 0 Å². The maximum atomic E-state index is 12.7. The molecule has 0 spiro atoms. The Bertz CT molecular complexity index is 838. The van der Waals surface area contributed by atoms with E-state index in [2.05, 4.69) is 11.9 Å². The highest BCUT2D eigenvalue weighted by molar-refractivity contribution is 7.99. The Morgan fingerprint density at radius 1 is 1.38 bits per heavy atom. The molecule has 0 amide bonds. The van der Waals surface area contributed by atoms with Gasteiger partial charge in [0.2, 0.25) is 0 Å². The van der Waals surface area contributed by atoms with Crippen LogP contribution in [0.5, 0.6) is 0 Å². The van der Waals surface area contributed by atoms with Crippen LogP contribution in [-0.2, 0) is 11.3 Å². The van der Waals surface area contributed by atoms with Gasteiger partial charge in [0.05, 0.1) is 13.2 Å². The molecule has 0 unspecified atom stereocenters. The van der Waals surface area contributed by atoms with Gasteiger partial charge in [0.15, 0.2) is 5.16 Å². The Kier molecular flexibility index (Phi) is 3.98. The number of ether oxygens (including phenoxy) is 1. The summed E-state index contributed by atoms with van der Waals surface area (Å²) in [4.78, 5) is 20.6. The molecule has 3 rings (SSSR count). The number of benzene rings is 1. The van der Waals surface area contributed by atoms with E-state index in [1.807, 2.05) is 24.3 Å². The molecule has 110 valence electrons. The first-order valence-electron chi connectivity index (χ1n) is 6.89. The Balaban J connectivity index is 2.30. The molecule has 0 radical (unpaired) electrons. The van der Waals surface area contributed by atoms with Crippen molar-refractivity contribution in [3.8, 4) is 0 Å². The molecule has 0 aliphatic rings. The summed E-state index contributed by atoms with van der Waals surface area (Å²) in [6.45, 7) is 3.05. The molecule has 0 aliphatic heterocycles. The summed E-state index contributed by atoms with van der Waals surface area (Å²) in [5.74, 6) is 0.868. The van der Waals surface area contributed by atoms with Crippen LogP contribution in [0.15, 0.2) is 34.2 Å². The third-order valence-electron chi connectivity index (χ3n) is 3.37. The number of aromatic amines is 1. The van der Waals surface area contributed by atoms with Crippen LogP contribution < -0.4 is 5.56 Å². The summed E-state index contributed by atoms with van der Waals surface area (Å²) in [5, 5.41) is 1.73. The summed E-state index contributed by atoms with van der Waals surface area (Å²) in [6, 6.07) is 7.85. The zero-order valence-electron chi connectivity index (χ0n) is 12.0. The van der Waals surface area contributed by atoms with E-state index < -0.39 is 0 Å². The van der Waals surface area contributed by atoms with Gasteiger partial charge in [-0.05, 0) is 11.8 Å². The Hall–Kier alpha value is -1.79. The van der Waals surface area contributed by atoms with Gasteiger partial charge in [-0.1, -0.05) is 36.9 Å². The van der Waals surface area contributed by atoms with E-state index in [1.54, 1.807) is 23.4 Å². The molecular weight excluding hydrogens is 286 g/mol. The van der Waals surface area contributed by atoms with Gasteiger partial charge in [0.25, 0.3) is 5.56 Å². The van der Waals surface area contributed by atoms with Crippen molar-refractivity contribution in [1.29, 1.82) is 0 Å². The number of rotatable bonds is 5. The van der Waals surface area contributed by atoms with Crippen LogP contribution in [0.4, 0.5) is 0 Å². The molecule has 1 aromatic carbocycles. The number of nitrogens with one attached hydrogen (secondary N) is 1. The van der Waals surface area contributed by atoms with Crippen molar-refractivity contribution in [2.45, 2.75) is 18.6 Å². The lowest BCUT2D eigenvalue weighted by atomic mass is 10.2. The molecule has 0 saturated heterocycles. The molecule has 0 aliphatic carbocycles. The van der Waals surface area contributed by atoms with E-state index in [0.717, 1.165) is 27.3 Å². The van der Waals surface area contributed by atoms with Gasteiger partial charge in [-0.15, -0.1) is 0 Å². The standard InChI is InChI=1S/C15H17N3O2S/c1-3-21-15-17-12-10-6-4-5-7-11(10)16-13(12)14(19)18(15)8-9-20-2/h4-7,16H,3,8-9H2,1-2H3. The van der Waals surface area contributed by atoms with Gasteiger partial charge < -0.3 is 9.72 Å². The topological polar surface area (TPSA) is 59.9 Å². The number of thioether (sulfide) groups is 1. The molecule has 3 aromatic rings. The highest BCUT2D eigenvalue weighted by Crippen LogP contribution is 2.24. The highest BCUT2D eigenvalue weighted by Gasteiger charge is 2.15. The summed E-state index contributed by atoms with van der Waals surface area (Å²) >= 11 is 1.58. The first-order valence-corrected chi connectivity index (χ1v) is 7.87. The quantitative estimate of drug-likeness (QED) is 0.581. The van der Waals surface area contributed by atoms with E-state index in [0.29, 0.717) is 18.7 Å². The maximum absolute atomic E-state index is 12.7. The molecule has 2 heterocycles. The van der Waals surface area contributed by atoms with Crippen molar-refractivity contribution in [1.82, 2.24) is 14.5 Å². The lowest BCUT2D eigenvalue weighted by Crippen LogP contribution is -2.25. The monoisotopic (exact) mass is 303 g/mol. The van der Waals surface area contributed by atoms with Gasteiger partial charge >= 0.3 is 0 Å². The minimum absolute atomic E-state index is 0.0378. The molecule has 0 saturated carbocycles. The number of hydrogen-bond acceptors (Lipinski definition) is 4. The van der Waals surface area contributed by atoms with Crippen molar-refractivity contribution in [3.63, 3.8) is 0 Å². The molecule has 6 heteroatoms. The van der Waals surface area contributed by atoms with Crippen LogP contribution in [0.1, 0.15) is 6.92 Å². The van der Waals surface area contributed by atoms with Crippen molar-refractivity contribution < 1.29 is 4.74 Å². The summed E-state index contributed by atoms with van der Waals surface area (Å²) in [7, 11) is 1.63. The van der Waals surface area contributed by atoms with E-state index >= 15 is 0 Å². The van der Waals surface area contributed by atoms with Crippen LogP contribution in [0.2, 0.25) is 0 Å². The van der Waals surface area contributed by atoms with Gasteiger partial charge in [-0.2, -0.15) is 0 Å². The maximum Gasteiger partial charge on any atom is 0.278 e. The van der Waals surface area contributed by atoms with E-state index in [9.17, 15) is 4.79 Å². The molecule has 0 fully saturated rings. The SMILES string of the molecule is CCSc1nc2c([nH]c3ccccc32)c(=O)n1CCOC. The second-order valence-corrected chi connectivity index (χ2v) is 5.90. The van der Waals surface area contributed by atoms with Crippen molar-refractivity contribution in [2.75, 3.05) is 19.5 Å². The normalized spacial score (nSPS) is 11.5. The minimum Gasteiger partial charge on any atom is -0.383 e. The van der Waals surface area contributed by atoms with Crippen LogP contribution >= 0.6 is 11.8 Å². The minimum atomic E-state index is -0.0378. The number of fused-ring (bicyclic) bond motifs is 3. The largest absolute Gasteiger partial charge is 0.383 e. The molecule has 0 atom stereocenters. The average Bonchev–Trinajstić information content (AvgIpc) is 2.86. The van der Waals surface area contributed by atoms with Crippen LogP contribution in [0.25, 0.3) is 21.9 Å². The second-order valence-electron chi connectivity index (χ2n) is 4.67. The zero-order chi connectivity index (χ0) is 14.8. The lowest BCUT2D eigenvalue weighted by Gasteiger charge is -2.10. The van der Waals surface area contributed by atoms with E-state index in [-0.39, 0.29) is 5.56 Å². The molecule has 2 aromatic heterocycles. The van der Waals surface area contributed by atoms with Crippen LogP contribution in [0.3, 0.4) is 0 Å². The number of nitrogens with zero attached hydrogens (tertiary/aromatic N) is 2. The smallest absolute Gasteiger partial charge is 0.278 e. The van der Waals surface area contributed by atoms with Gasteiger partial charge in [-0.3, -0.25) is 9.36 Å². The molecule has 5 nitrogen and oxygen atoms in total. The first kappa shape index (κ1) is 14.2. The Morgan fingerprint density at radius 3 is 2.95 bits per heavy atom. The zero-order valence-corrected chi connectivity index (χ0v) is 12.9. The van der Waals surface area contributed by atoms with Crippen molar-refractivity contribution in [2.24, 2.45) is 0 Å². The van der Waals surface area contributed by atoms with Crippen molar-refractivity contribution in [3.05, 3.63) is 34.6 Å². The summed E-state index contributed by atoms with van der Waals surface area (Å²) in [5.41, 5.74) is 2.21. The Morgan fingerprint density at radius 2 is 2.19 bits per heavy atom. The second kappa shape index (κ2) is 5.91.